The maximum atomic E-state index is 15.0. The van der Waals surface area contributed by atoms with Crippen LogP contribution in [0.25, 0.3) is 22.2 Å². The number of ether oxygens (including phenoxy) is 2. The summed E-state index contributed by atoms with van der Waals surface area (Å²) >= 11 is 0. The summed E-state index contributed by atoms with van der Waals surface area (Å²) in [6, 6.07) is 5.65. The van der Waals surface area contributed by atoms with E-state index in [1.54, 1.807) is 35.6 Å². The molecule has 1 amide bonds. The molecule has 2 N–H and O–H groups in total. The van der Waals surface area contributed by atoms with E-state index in [9.17, 15) is 9.18 Å². The Balaban J connectivity index is 1.30. The molecule has 36 heavy (non-hydrogen) atoms. The third-order valence-electron chi connectivity index (χ3n) is 7.00. The van der Waals surface area contributed by atoms with Crippen molar-refractivity contribution in [3.63, 3.8) is 0 Å². The van der Waals surface area contributed by atoms with E-state index in [-0.39, 0.29) is 11.9 Å². The largest absolute Gasteiger partial charge is 0.479 e. The van der Waals surface area contributed by atoms with Crippen LogP contribution in [0.5, 0.6) is 5.88 Å². The molecule has 4 aromatic heterocycles. The SMILES string of the molecule is CNC(=O)c1cnn2ccc(-c3ccn4nc(N[C@H]5CCN(C6COC6)C[C@H]5F)nc(OC)c34)cc12. The molecule has 0 aliphatic carbocycles. The lowest BCUT2D eigenvalue weighted by atomic mass is 10.0. The van der Waals surface area contributed by atoms with Crippen LogP contribution < -0.4 is 15.4 Å². The first-order valence-corrected chi connectivity index (χ1v) is 11.9. The Hall–Kier alpha value is -3.77. The molecule has 2 atom stereocenters. The van der Waals surface area contributed by atoms with Gasteiger partial charge in [0.1, 0.15) is 11.7 Å². The number of rotatable bonds is 6. The number of fused-ring (bicyclic) bond motifs is 2. The Kier molecular flexibility index (Phi) is 5.69. The van der Waals surface area contributed by atoms with Crippen LogP contribution in [0.15, 0.2) is 36.8 Å². The second-order valence-electron chi connectivity index (χ2n) is 9.09. The molecule has 0 spiro atoms. The van der Waals surface area contributed by atoms with E-state index in [0.717, 1.165) is 17.7 Å². The van der Waals surface area contributed by atoms with Crippen molar-refractivity contribution < 1.29 is 18.7 Å². The zero-order valence-electron chi connectivity index (χ0n) is 20.0. The van der Waals surface area contributed by atoms with E-state index < -0.39 is 6.17 Å². The maximum Gasteiger partial charge on any atom is 0.254 e. The zero-order chi connectivity index (χ0) is 24.8. The molecule has 2 aliphatic heterocycles. The maximum absolute atomic E-state index is 15.0. The molecule has 0 radical (unpaired) electrons. The van der Waals surface area contributed by atoms with Gasteiger partial charge in [-0.2, -0.15) is 10.1 Å². The van der Waals surface area contributed by atoms with Crippen LogP contribution >= 0.6 is 0 Å². The molecule has 2 fully saturated rings. The number of hydrogen-bond donors (Lipinski definition) is 2. The number of methoxy groups -OCH3 is 1. The highest BCUT2D eigenvalue weighted by atomic mass is 19.1. The number of nitrogens with one attached hydrogen (secondary N) is 2. The summed E-state index contributed by atoms with van der Waals surface area (Å²) in [7, 11) is 3.13. The summed E-state index contributed by atoms with van der Waals surface area (Å²) in [6.45, 7) is 2.53. The standard InChI is InChI=1S/C24H27FN8O3/c1-26-22(34)17-10-27-32-7-3-14(9-20(17)32)16-4-8-33-21(16)23(35-2)29-24(30-33)28-19-5-6-31(11-18(19)25)15-12-36-13-15/h3-4,7-10,15,18-19H,5-6,11-13H2,1-2H3,(H,26,34)(H,28,30)/t18-,19+/m1/s1. The third kappa shape index (κ3) is 3.82. The Labute approximate surface area is 206 Å². The monoisotopic (exact) mass is 494 g/mol. The van der Waals surface area contributed by atoms with Crippen LogP contribution in [0.4, 0.5) is 10.3 Å². The highest BCUT2D eigenvalue weighted by molar-refractivity contribution is 6.01. The fourth-order valence-electron chi connectivity index (χ4n) is 4.91. The van der Waals surface area contributed by atoms with Crippen LogP contribution in [-0.4, -0.2) is 93.7 Å². The van der Waals surface area contributed by atoms with E-state index in [1.807, 2.05) is 24.4 Å². The van der Waals surface area contributed by atoms with Gasteiger partial charge in [0.2, 0.25) is 11.8 Å². The second kappa shape index (κ2) is 9.03. The molecule has 6 heterocycles. The molecule has 0 bridgehead atoms. The van der Waals surface area contributed by atoms with Crippen LogP contribution in [-0.2, 0) is 4.74 Å². The van der Waals surface area contributed by atoms with E-state index in [0.29, 0.717) is 60.6 Å². The average molecular weight is 495 g/mol. The first-order chi connectivity index (χ1) is 17.6. The van der Waals surface area contributed by atoms with Crippen molar-refractivity contribution in [2.75, 3.05) is 45.8 Å². The predicted molar refractivity (Wildman–Crippen MR) is 130 cm³/mol. The van der Waals surface area contributed by atoms with Crippen molar-refractivity contribution >= 4 is 22.9 Å². The highest BCUT2D eigenvalue weighted by Crippen LogP contribution is 2.33. The van der Waals surface area contributed by atoms with Crippen molar-refractivity contribution in [3.8, 4) is 17.0 Å². The molecule has 0 unspecified atom stereocenters. The fourth-order valence-corrected chi connectivity index (χ4v) is 4.91. The number of aromatic nitrogens is 5. The number of carbonyl (C=O) groups is 1. The lowest BCUT2D eigenvalue weighted by molar-refractivity contribution is -0.0794. The molecule has 0 aromatic carbocycles. The number of alkyl halides is 1. The second-order valence-corrected chi connectivity index (χ2v) is 9.09. The summed E-state index contributed by atoms with van der Waals surface area (Å²) < 4.78 is 29.2. The zero-order valence-corrected chi connectivity index (χ0v) is 20.0. The summed E-state index contributed by atoms with van der Waals surface area (Å²) in [4.78, 5) is 18.9. The number of nitrogens with zero attached hydrogens (tertiary/aromatic N) is 6. The molecule has 6 rings (SSSR count). The van der Waals surface area contributed by atoms with Gasteiger partial charge in [-0.3, -0.25) is 9.69 Å². The summed E-state index contributed by atoms with van der Waals surface area (Å²) in [5, 5.41) is 14.7. The number of hydrogen-bond acceptors (Lipinski definition) is 8. The molecule has 4 aromatic rings. The van der Waals surface area contributed by atoms with Crippen molar-refractivity contribution in [3.05, 3.63) is 42.4 Å². The Bertz CT molecular complexity index is 1430. The van der Waals surface area contributed by atoms with Gasteiger partial charge < -0.3 is 20.1 Å². The molecule has 11 nitrogen and oxygen atoms in total. The van der Waals surface area contributed by atoms with Gasteiger partial charge >= 0.3 is 0 Å². The number of amides is 1. The number of piperidine rings is 1. The number of pyridine rings is 1. The quantitative estimate of drug-likeness (QED) is 0.416. The van der Waals surface area contributed by atoms with Gasteiger partial charge in [0.25, 0.3) is 5.91 Å². The molecule has 2 saturated heterocycles. The molecule has 2 aliphatic rings. The van der Waals surface area contributed by atoms with Gasteiger partial charge in [-0.25, -0.2) is 13.4 Å². The van der Waals surface area contributed by atoms with Gasteiger partial charge in [-0.15, -0.1) is 5.10 Å². The summed E-state index contributed by atoms with van der Waals surface area (Å²) in [6.07, 6.45) is 4.76. The van der Waals surface area contributed by atoms with Gasteiger partial charge in [0, 0.05) is 38.1 Å². The highest BCUT2D eigenvalue weighted by Gasteiger charge is 2.35. The smallest absolute Gasteiger partial charge is 0.254 e. The van der Waals surface area contributed by atoms with Crippen molar-refractivity contribution in [2.45, 2.75) is 24.7 Å². The predicted octanol–water partition coefficient (Wildman–Crippen LogP) is 1.64. The number of anilines is 1. The molecule has 188 valence electrons. The number of halogens is 1. The average Bonchev–Trinajstić information content (AvgIpc) is 3.47. The van der Waals surface area contributed by atoms with Gasteiger partial charge in [-0.1, -0.05) is 0 Å². The first-order valence-electron chi connectivity index (χ1n) is 11.9. The minimum Gasteiger partial charge on any atom is -0.479 e. The van der Waals surface area contributed by atoms with E-state index in [2.05, 4.69) is 30.7 Å². The third-order valence-corrected chi connectivity index (χ3v) is 7.00. The van der Waals surface area contributed by atoms with E-state index >= 15 is 0 Å². The summed E-state index contributed by atoms with van der Waals surface area (Å²) in [5.41, 5.74) is 3.52. The van der Waals surface area contributed by atoms with Gasteiger partial charge in [-0.05, 0) is 30.2 Å². The normalized spacial score (nSPS) is 21.0. The van der Waals surface area contributed by atoms with Crippen molar-refractivity contribution in [1.29, 1.82) is 0 Å². The lowest BCUT2D eigenvalue weighted by Gasteiger charge is -2.42. The lowest BCUT2D eigenvalue weighted by Crippen LogP contribution is -2.57. The minimum absolute atomic E-state index is 0.210. The van der Waals surface area contributed by atoms with E-state index in [4.69, 9.17) is 9.47 Å². The van der Waals surface area contributed by atoms with Crippen molar-refractivity contribution in [2.24, 2.45) is 0 Å². The van der Waals surface area contributed by atoms with Crippen LogP contribution in [0.3, 0.4) is 0 Å². The van der Waals surface area contributed by atoms with Crippen LogP contribution in [0.1, 0.15) is 16.8 Å². The van der Waals surface area contributed by atoms with Crippen LogP contribution in [0.2, 0.25) is 0 Å². The Morgan fingerprint density at radius 1 is 1.25 bits per heavy atom. The molecule has 12 heteroatoms. The number of carbonyl (C=O) groups excluding carboxylic acids is 1. The fraction of sp³-hybridized carbons (Fsp3) is 0.417. The number of likely N-dealkylation sites (tertiary alicyclic amines) is 1. The summed E-state index contributed by atoms with van der Waals surface area (Å²) in [5.74, 6) is 0.466. The first kappa shape index (κ1) is 22.7. The molecular formula is C24H27FN8O3. The topological polar surface area (TPSA) is 110 Å². The van der Waals surface area contributed by atoms with E-state index in [1.165, 1.54) is 0 Å². The Morgan fingerprint density at radius 2 is 2.08 bits per heavy atom. The Morgan fingerprint density at radius 3 is 2.81 bits per heavy atom. The van der Waals surface area contributed by atoms with Gasteiger partial charge in [0.15, 0.2) is 0 Å². The van der Waals surface area contributed by atoms with Crippen LogP contribution in [0, 0.1) is 0 Å². The minimum atomic E-state index is -1.04. The van der Waals surface area contributed by atoms with Gasteiger partial charge in [0.05, 0.1) is 49.7 Å². The molecule has 0 saturated carbocycles. The van der Waals surface area contributed by atoms with Crippen molar-refractivity contribution in [1.82, 2.24) is 34.4 Å². The molecular weight excluding hydrogens is 467 g/mol.